The summed E-state index contributed by atoms with van der Waals surface area (Å²) in [5.74, 6) is 0.761. The topological polar surface area (TPSA) is 93.9 Å². The van der Waals surface area contributed by atoms with Crippen LogP contribution in [0.2, 0.25) is 10.0 Å². The Kier molecular flexibility index (Phi) is 5.93. The van der Waals surface area contributed by atoms with Crippen LogP contribution in [-0.4, -0.2) is 42.1 Å². The highest BCUT2D eigenvalue weighted by molar-refractivity contribution is 6.39. The number of aromatic nitrogens is 1. The maximum atomic E-state index is 13.2. The van der Waals surface area contributed by atoms with Crippen molar-refractivity contribution in [3.05, 3.63) is 51.5 Å². The average Bonchev–Trinajstić information content (AvgIpc) is 3.14. The fraction of sp³-hybridized carbons (Fsp3) is 0.286. The standard InChI is InChI=1S/C21H19Cl2N3O5/c1-3-30-21(28)26-7-6-15-12(10-26)17-11(4-5-16(29-2)19(17)31-15)20(27)25-18-13(22)8-24-9-14(18)23/h4-5,8-9H,3,6-7,10H2,1-2H3,(H,24,25,27). The molecule has 2 aromatic heterocycles. The van der Waals surface area contributed by atoms with E-state index in [0.29, 0.717) is 41.0 Å². The molecule has 2 amide bonds. The Balaban J connectivity index is 1.79. The van der Waals surface area contributed by atoms with Gasteiger partial charge in [-0.15, -0.1) is 0 Å². The maximum absolute atomic E-state index is 13.2. The highest BCUT2D eigenvalue weighted by Crippen LogP contribution is 2.39. The number of anilines is 1. The number of methoxy groups -OCH3 is 1. The molecule has 0 aliphatic carbocycles. The number of fused-ring (bicyclic) bond motifs is 3. The van der Waals surface area contributed by atoms with Crippen LogP contribution in [0.3, 0.4) is 0 Å². The van der Waals surface area contributed by atoms with Crippen molar-refractivity contribution < 1.29 is 23.5 Å². The molecule has 8 nitrogen and oxygen atoms in total. The summed E-state index contributed by atoms with van der Waals surface area (Å²) in [6.07, 6.45) is 2.87. The van der Waals surface area contributed by atoms with Crippen LogP contribution in [0.4, 0.5) is 10.5 Å². The van der Waals surface area contributed by atoms with Crippen LogP contribution in [0.5, 0.6) is 5.75 Å². The molecule has 0 spiro atoms. The minimum atomic E-state index is -0.431. The first-order valence-corrected chi connectivity index (χ1v) is 10.3. The third-order valence-corrected chi connectivity index (χ3v) is 5.60. The van der Waals surface area contributed by atoms with E-state index in [9.17, 15) is 9.59 Å². The number of furan rings is 1. The van der Waals surface area contributed by atoms with E-state index in [0.717, 1.165) is 5.56 Å². The molecular weight excluding hydrogens is 445 g/mol. The Morgan fingerprint density at radius 3 is 2.68 bits per heavy atom. The molecular formula is C21H19Cl2N3O5. The van der Waals surface area contributed by atoms with Crippen LogP contribution in [-0.2, 0) is 17.7 Å². The number of hydrogen-bond acceptors (Lipinski definition) is 6. The molecule has 3 heterocycles. The Hall–Kier alpha value is -2.97. The molecule has 0 saturated heterocycles. The lowest BCUT2D eigenvalue weighted by Crippen LogP contribution is -2.36. The van der Waals surface area contributed by atoms with E-state index in [1.807, 2.05) is 0 Å². The number of pyridine rings is 1. The highest BCUT2D eigenvalue weighted by Gasteiger charge is 2.30. The minimum absolute atomic E-state index is 0.216. The molecule has 1 aliphatic heterocycles. The number of nitrogens with one attached hydrogen (secondary N) is 1. The fourth-order valence-electron chi connectivity index (χ4n) is 3.60. The number of carbonyl (C=O) groups excluding carboxylic acids is 2. The molecule has 31 heavy (non-hydrogen) atoms. The van der Waals surface area contributed by atoms with E-state index in [4.69, 9.17) is 37.1 Å². The molecule has 1 aliphatic rings. The van der Waals surface area contributed by atoms with Crippen molar-refractivity contribution in [2.24, 2.45) is 0 Å². The largest absolute Gasteiger partial charge is 0.493 e. The molecule has 1 aromatic carbocycles. The van der Waals surface area contributed by atoms with Gasteiger partial charge in [-0.1, -0.05) is 23.2 Å². The first kappa shape index (κ1) is 21.3. The third kappa shape index (κ3) is 3.88. The Morgan fingerprint density at radius 2 is 2.00 bits per heavy atom. The van der Waals surface area contributed by atoms with Crippen molar-refractivity contribution >= 4 is 51.9 Å². The van der Waals surface area contributed by atoms with Gasteiger partial charge in [0.15, 0.2) is 11.3 Å². The van der Waals surface area contributed by atoms with E-state index in [1.54, 1.807) is 24.0 Å². The van der Waals surface area contributed by atoms with Crippen molar-refractivity contribution in [2.75, 3.05) is 25.6 Å². The minimum Gasteiger partial charge on any atom is -0.493 e. The van der Waals surface area contributed by atoms with E-state index < -0.39 is 12.0 Å². The number of amides is 2. The second kappa shape index (κ2) is 8.64. The summed E-state index contributed by atoms with van der Waals surface area (Å²) in [7, 11) is 1.53. The van der Waals surface area contributed by atoms with Gasteiger partial charge in [-0.05, 0) is 19.1 Å². The molecule has 4 rings (SSSR count). The predicted octanol–water partition coefficient (Wildman–Crippen LogP) is 4.91. The van der Waals surface area contributed by atoms with Crippen LogP contribution < -0.4 is 10.1 Å². The number of halogens is 2. The predicted molar refractivity (Wildman–Crippen MR) is 116 cm³/mol. The van der Waals surface area contributed by atoms with Gasteiger partial charge in [0, 0.05) is 36.3 Å². The fourth-order valence-corrected chi connectivity index (χ4v) is 4.06. The van der Waals surface area contributed by atoms with Crippen molar-refractivity contribution in [2.45, 2.75) is 19.9 Å². The van der Waals surface area contributed by atoms with Gasteiger partial charge in [-0.3, -0.25) is 9.78 Å². The summed E-state index contributed by atoms with van der Waals surface area (Å²) >= 11 is 12.3. The van der Waals surface area contributed by atoms with Crippen LogP contribution >= 0.6 is 23.2 Å². The van der Waals surface area contributed by atoms with E-state index >= 15 is 0 Å². The van der Waals surface area contributed by atoms with E-state index in [2.05, 4.69) is 10.3 Å². The Labute approximate surface area is 188 Å². The van der Waals surface area contributed by atoms with Crippen LogP contribution in [0.1, 0.15) is 28.6 Å². The zero-order valence-corrected chi connectivity index (χ0v) is 18.3. The van der Waals surface area contributed by atoms with Crippen molar-refractivity contribution in [3.63, 3.8) is 0 Å². The number of carbonyl (C=O) groups is 2. The van der Waals surface area contributed by atoms with Gasteiger partial charge in [0.2, 0.25) is 0 Å². The summed E-state index contributed by atoms with van der Waals surface area (Å²) < 4.78 is 16.6. The lowest BCUT2D eigenvalue weighted by molar-refractivity contribution is 0.101. The number of ether oxygens (including phenoxy) is 2. The first-order valence-electron chi connectivity index (χ1n) is 9.57. The molecule has 1 N–H and O–H groups in total. The molecule has 0 unspecified atom stereocenters. The monoisotopic (exact) mass is 463 g/mol. The normalized spacial score (nSPS) is 13.1. The summed E-state index contributed by atoms with van der Waals surface area (Å²) in [6.45, 7) is 2.75. The van der Waals surface area contributed by atoms with Gasteiger partial charge in [0.25, 0.3) is 5.91 Å². The van der Waals surface area contributed by atoms with Crippen LogP contribution in [0, 0.1) is 0 Å². The zero-order chi connectivity index (χ0) is 22.1. The van der Waals surface area contributed by atoms with Crippen LogP contribution in [0.15, 0.2) is 28.9 Å². The van der Waals surface area contributed by atoms with Crippen molar-refractivity contribution in [1.82, 2.24) is 9.88 Å². The highest BCUT2D eigenvalue weighted by atomic mass is 35.5. The quantitative estimate of drug-likeness (QED) is 0.590. The molecule has 3 aromatic rings. The number of nitrogens with zero attached hydrogens (tertiary/aromatic N) is 2. The summed E-state index contributed by atoms with van der Waals surface area (Å²) in [5, 5.41) is 3.75. The van der Waals surface area contributed by atoms with Gasteiger partial charge < -0.3 is 24.1 Å². The molecule has 0 bridgehead atoms. The summed E-state index contributed by atoms with van der Waals surface area (Å²) in [5.41, 5.74) is 1.79. The summed E-state index contributed by atoms with van der Waals surface area (Å²) in [4.78, 5) is 30.9. The second-order valence-electron chi connectivity index (χ2n) is 6.83. The second-order valence-corrected chi connectivity index (χ2v) is 7.64. The zero-order valence-electron chi connectivity index (χ0n) is 16.8. The third-order valence-electron chi connectivity index (χ3n) is 5.03. The average molecular weight is 464 g/mol. The van der Waals surface area contributed by atoms with Gasteiger partial charge in [-0.2, -0.15) is 0 Å². The van der Waals surface area contributed by atoms with Gasteiger partial charge >= 0.3 is 6.09 Å². The number of rotatable bonds is 4. The van der Waals surface area contributed by atoms with Crippen molar-refractivity contribution in [3.8, 4) is 5.75 Å². The molecule has 0 radical (unpaired) electrons. The molecule has 0 saturated carbocycles. The smallest absolute Gasteiger partial charge is 0.410 e. The number of benzene rings is 1. The lowest BCUT2D eigenvalue weighted by Gasteiger charge is -2.25. The molecule has 0 fully saturated rings. The molecule has 10 heteroatoms. The van der Waals surface area contributed by atoms with Crippen LogP contribution in [0.25, 0.3) is 11.0 Å². The Bertz CT molecular complexity index is 1160. The van der Waals surface area contributed by atoms with E-state index in [1.165, 1.54) is 19.5 Å². The Morgan fingerprint density at radius 1 is 1.26 bits per heavy atom. The van der Waals surface area contributed by atoms with E-state index in [-0.39, 0.29) is 28.9 Å². The summed E-state index contributed by atoms with van der Waals surface area (Å²) in [6, 6.07) is 3.30. The SMILES string of the molecule is CCOC(=O)N1CCc2oc3c(OC)ccc(C(=O)Nc4c(Cl)cncc4Cl)c3c2C1. The van der Waals surface area contributed by atoms with Gasteiger partial charge in [0.05, 0.1) is 41.6 Å². The lowest BCUT2D eigenvalue weighted by atomic mass is 10.00. The molecule has 162 valence electrons. The molecule has 0 atom stereocenters. The van der Waals surface area contributed by atoms with Crippen molar-refractivity contribution in [1.29, 1.82) is 0 Å². The van der Waals surface area contributed by atoms with Gasteiger partial charge in [-0.25, -0.2) is 4.79 Å². The number of hydrogen-bond donors (Lipinski definition) is 1. The maximum Gasteiger partial charge on any atom is 0.410 e. The first-order chi connectivity index (χ1) is 14.9. The van der Waals surface area contributed by atoms with Gasteiger partial charge in [0.1, 0.15) is 5.76 Å².